The third kappa shape index (κ3) is 1.44. The van der Waals surface area contributed by atoms with Crippen molar-refractivity contribution in [1.29, 1.82) is 0 Å². The van der Waals surface area contributed by atoms with E-state index in [1.54, 1.807) is 0 Å². The summed E-state index contributed by atoms with van der Waals surface area (Å²) in [5.41, 5.74) is 0. The normalized spacial score (nSPS) is 27.1. The van der Waals surface area contributed by atoms with Gasteiger partial charge in [-0.25, -0.2) is 0 Å². The summed E-state index contributed by atoms with van der Waals surface area (Å²) >= 11 is 4.03. The monoisotopic (exact) mass is 161 g/mol. The molecule has 10 heavy (non-hydrogen) atoms. The quantitative estimate of drug-likeness (QED) is 0.577. The molecular formula is C6H11NO2S. The number of hydrogen-bond donors (Lipinski definition) is 2. The zero-order chi connectivity index (χ0) is 7.56. The molecule has 0 amide bonds. The molecule has 58 valence electrons. The minimum atomic E-state index is -0.716. The van der Waals surface area contributed by atoms with Crippen LogP contribution in [0.4, 0.5) is 0 Å². The van der Waals surface area contributed by atoms with E-state index in [1.165, 1.54) is 0 Å². The molecule has 0 bridgehead atoms. The first-order valence-electron chi connectivity index (χ1n) is 3.33. The lowest BCUT2D eigenvalue weighted by atomic mass is 10.2. The van der Waals surface area contributed by atoms with E-state index in [9.17, 15) is 4.79 Å². The van der Waals surface area contributed by atoms with Crippen LogP contribution < -0.4 is 0 Å². The first-order valence-corrected chi connectivity index (χ1v) is 3.96. The van der Waals surface area contributed by atoms with Crippen LogP contribution in [0.3, 0.4) is 0 Å². The highest BCUT2D eigenvalue weighted by Crippen LogP contribution is 2.16. The Morgan fingerprint density at radius 3 is 2.90 bits per heavy atom. The van der Waals surface area contributed by atoms with Crippen LogP contribution >= 0.6 is 12.6 Å². The average Bonchev–Trinajstić information content (AvgIpc) is 2.33. The predicted octanol–water partition coefficient (Wildman–Crippen LogP) is 0.423. The third-order valence-electron chi connectivity index (χ3n) is 1.83. The van der Waals surface area contributed by atoms with E-state index in [1.807, 2.05) is 4.90 Å². The largest absolute Gasteiger partial charge is 0.480 e. The number of carboxylic acids is 1. The van der Waals surface area contributed by atoms with Gasteiger partial charge in [-0.2, -0.15) is 12.6 Å². The molecule has 4 heteroatoms. The standard InChI is InChI=1S/C6H11NO2S/c8-6(9)5-2-1-3-7(5)4-10/h5,10H,1-4H2,(H,8,9). The van der Waals surface area contributed by atoms with Crippen molar-refractivity contribution in [1.82, 2.24) is 4.90 Å². The van der Waals surface area contributed by atoms with Gasteiger partial charge in [-0.15, -0.1) is 0 Å². The van der Waals surface area contributed by atoms with E-state index in [4.69, 9.17) is 5.11 Å². The first kappa shape index (κ1) is 7.88. The summed E-state index contributed by atoms with van der Waals surface area (Å²) in [6.45, 7) is 0.875. The fourth-order valence-electron chi connectivity index (χ4n) is 1.28. The molecule has 0 aromatic heterocycles. The van der Waals surface area contributed by atoms with Crippen LogP contribution in [0.25, 0.3) is 0 Å². The first-order chi connectivity index (χ1) is 4.75. The minimum absolute atomic E-state index is 0.280. The lowest BCUT2D eigenvalue weighted by Crippen LogP contribution is -2.34. The molecule has 0 radical (unpaired) electrons. The van der Waals surface area contributed by atoms with Crippen LogP contribution in [0.1, 0.15) is 12.8 Å². The molecule has 0 aromatic carbocycles. The van der Waals surface area contributed by atoms with Gasteiger partial charge in [-0.1, -0.05) is 0 Å². The Morgan fingerprint density at radius 2 is 2.50 bits per heavy atom. The van der Waals surface area contributed by atoms with E-state index < -0.39 is 5.97 Å². The number of likely N-dealkylation sites (tertiary alicyclic amines) is 1. The second-order valence-corrected chi connectivity index (χ2v) is 2.73. The maximum atomic E-state index is 10.5. The number of hydrogen-bond acceptors (Lipinski definition) is 3. The zero-order valence-electron chi connectivity index (χ0n) is 5.66. The second kappa shape index (κ2) is 3.25. The Kier molecular flexibility index (Phi) is 2.56. The summed E-state index contributed by atoms with van der Waals surface area (Å²) < 4.78 is 0. The number of carboxylic acid groups (broad SMARTS) is 1. The van der Waals surface area contributed by atoms with E-state index in [0.29, 0.717) is 5.88 Å². The molecule has 0 aliphatic carbocycles. The molecule has 1 rings (SSSR count). The van der Waals surface area contributed by atoms with Crippen molar-refractivity contribution in [3.05, 3.63) is 0 Å². The minimum Gasteiger partial charge on any atom is -0.480 e. The van der Waals surface area contributed by atoms with Crippen LogP contribution in [0.15, 0.2) is 0 Å². The van der Waals surface area contributed by atoms with Gasteiger partial charge in [0, 0.05) is 5.88 Å². The van der Waals surface area contributed by atoms with Gasteiger partial charge < -0.3 is 5.11 Å². The molecule has 0 saturated carbocycles. The van der Waals surface area contributed by atoms with Gasteiger partial charge in [0.2, 0.25) is 0 Å². The van der Waals surface area contributed by atoms with Gasteiger partial charge in [0.1, 0.15) is 6.04 Å². The van der Waals surface area contributed by atoms with Gasteiger partial charge in [-0.05, 0) is 19.4 Å². The molecule has 3 nitrogen and oxygen atoms in total. The third-order valence-corrected chi connectivity index (χ3v) is 2.19. The highest BCUT2D eigenvalue weighted by molar-refractivity contribution is 7.80. The van der Waals surface area contributed by atoms with Crippen molar-refractivity contribution in [3.8, 4) is 0 Å². The number of nitrogens with zero attached hydrogens (tertiary/aromatic N) is 1. The van der Waals surface area contributed by atoms with Crippen molar-refractivity contribution in [3.63, 3.8) is 0 Å². The van der Waals surface area contributed by atoms with Gasteiger partial charge in [0.25, 0.3) is 0 Å². The van der Waals surface area contributed by atoms with Crippen molar-refractivity contribution < 1.29 is 9.90 Å². The Labute approximate surface area is 65.4 Å². The fraction of sp³-hybridized carbons (Fsp3) is 0.833. The molecule has 1 aliphatic rings. The summed E-state index contributed by atoms with van der Waals surface area (Å²) in [7, 11) is 0. The summed E-state index contributed by atoms with van der Waals surface area (Å²) in [5.74, 6) is -0.164. The van der Waals surface area contributed by atoms with Gasteiger partial charge in [-0.3, -0.25) is 9.69 Å². The fourth-order valence-corrected chi connectivity index (χ4v) is 1.61. The smallest absolute Gasteiger partial charge is 0.320 e. The molecule has 1 saturated heterocycles. The van der Waals surface area contributed by atoms with Gasteiger partial charge in [0.05, 0.1) is 0 Å². The number of rotatable bonds is 2. The zero-order valence-corrected chi connectivity index (χ0v) is 6.55. The van der Waals surface area contributed by atoms with E-state index in [0.717, 1.165) is 19.4 Å². The van der Waals surface area contributed by atoms with Crippen LogP contribution in [0.5, 0.6) is 0 Å². The molecule has 0 aromatic rings. The summed E-state index contributed by atoms with van der Waals surface area (Å²) in [5, 5.41) is 8.64. The highest BCUT2D eigenvalue weighted by Gasteiger charge is 2.28. The van der Waals surface area contributed by atoms with Crippen LogP contribution in [0, 0.1) is 0 Å². The molecule has 1 N–H and O–H groups in total. The van der Waals surface area contributed by atoms with Crippen molar-refractivity contribution in [2.45, 2.75) is 18.9 Å². The number of carbonyl (C=O) groups is 1. The second-order valence-electron chi connectivity index (χ2n) is 2.45. The Morgan fingerprint density at radius 1 is 1.80 bits per heavy atom. The van der Waals surface area contributed by atoms with Crippen LogP contribution in [-0.2, 0) is 4.79 Å². The maximum Gasteiger partial charge on any atom is 0.320 e. The Balaban J connectivity index is 2.50. The number of aliphatic carboxylic acids is 1. The van der Waals surface area contributed by atoms with E-state index in [-0.39, 0.29) is 6.04 Å². The summed E-state index contributed by atoms with van der Waals surface area (Å²) in [6.07, 6.45) is 1.76. The van der Waals surface area contributed by atoms with Crippen LogP contribution in [-0.4, -0.2) is 34.4 Å². The molecular weight excluding hydrogens is 150 g/mol. The van der Waals surface area contributed by atoms with Crippen molar-refractivity contribution in [2.24, 2.45) is 0 Å². The predicted molar refractivity (Wildman–Crippen MR) is 41.2 cm³/mol. The lowest BCUT2D eigenvalue weighted by molar-refractivity contribution is -0.141. The van der Waals surface area contributed by atoms with E-state index in [2.05, 4.69) is 12.6 Å². The highest BCUT2D eigenvalue weighted by atomic mass is 32.1. The molecule has 0 spiro atoms. The maximum absolute atomic E-state index is 10.5. The molecule has 1 fully saturated rings. The SMILES string of the molecule is O=C(O)C1CCCN1CS. The van der Waals surface area contributed by atoms with Crippen molar-refractivity contribution in [2.75, 3.05) is 12.4 Å². The van der Waals surface area contributed by atoms with Crippen molar-refractivity contribution >= 4 is 18.6 Å². The van der Waals surface area contributed by atoms with Crippen LogP contribution in [0.2, 0.25) is 0 Å². The van der Waals surface area contributed by atoms with E-state index >= 15 is 0 Å². The molecule has 1 atom stereocenters. The molecule has 1 unspecified atom stereocenters. The lowest BCUT2D eigenvalue weighted by Gasteiger charge is -2.17. The number of thiol groups is 1. The topological polar surface area (TPSA) is 40.5 Å². The summed E-state index contributed by atoms with van der Waals surface area (Å²) in [4.78, 5) is 12.4. The average molecular weight is 161 g/mol. The van der Waals surface area contributed by atoms with Gasteiger partial charge in [0.15, 0.2) is 0 Å². The summed E-state index contributed by atoms with van der Waals surface area (Å²) in [6, 6.07) is -0.280. The Hall–Kier alpha value is -0.220. The van der Waals surface area contributed by atoms with Gasteiger partial charge >= 0.3 is 5.97 Å². The molecule has 1 aliphatic heterocycles. The molecule has 1 heterocycles. The Bertz CT molecular complexity index is 140.